The topological polar surface area (TPSA) is 250 Å². The summed E-state index contributed by atoms with van der Waals surface area (Å²) in [5, 5.41) is 43.6. The maximum absolute atomic E-state index is 5.42. The number of aryl methyl sites for hydroxylation is 1. The second-order valence-corrected chi connectivity index (χ2v) is 27.4. The number of aromatic nitrogens is 14. The summed E-state index contributed by atoms with van der Waals surface area (Å²) in [6, 6.07) is 37.7. The molecule has 12 heterocycles. The average molecular weight is 1350 g/mol. The van der Waals surface area contributed by atoms with Crippen LogP contribution in [0.5, 0.6) is 23.0 Å². The number of nitrogens with one attached hydrogen (secondary N) is 4. The fourth-order valence-electron chi connectivity index (χ4n) is 11.6. The smallest absolute Gasteiger partial charge is 0.231 e. The summed E-state index contributed by atoms with van der Waals surface area (Å²) in [5.74, 6) is 7.88. The Morgan fingerprint density at radius 3 is 1.15 bits per heavy atom. The molecular formula is C70H66N18O4S4. The van der Waals surface area contributed by atoms with Gasteiger partial charge in [0.1, 0.15) is 67.9 Å². The molecule has 22 nitrogen and oxygen atoms in total. The average Bonchev–Trinajstić information content (AvgIpc) is 1.66. The predicted molar refractivity (Wildman–Crippen MR) is 379 cm³/mol. The standard InChI is InChI=1S/2C20H20N6S.2C15H13N3O2S/c1-12(23-19-17-9-10-27-20(17)22-11-21-19)14-5-7-16(8-6-14)26-13(2)18(24-25-26)15-3-4-15;1-12(23-19-17-9-10-27-20(17)22-11-21-19)14-5-7-16(8-6-14)26-18(15-3-4-15)13(2)24-25-26;2*1-9(10-2-3-12-13(6-10)20-8-19-12)18-14-11-4-5-21-15(11)17-7-16-14/h2*5-12,15H,3-4H2,1-2H3,(H,21,22,23);2*2-7,9H,8H2,1H3,(H,16,17,18). The Kier molecular flexibility index (Phi) is 17.5. The van der Waals surface area contributed by atoms with Crippen molar-refractivity contribution in [3.63, 3.8) is 0 Å². The number of anilines is 4. The lowest BCUT2D eigenvalue weighted by molar-refractivity contribution is 0.173. The van der Waals surface area contributed by atoms with Gasteiger partial charge in [0.15, 0.2) is 23.0 Å². The number of rotatable bonds is 16. The first-order valence-electron chi connectivity index (χ1n) is 31.7. The van der Waals surface area contributed by atoms with Gasteiger partial charge in [-0.3, -0.25) is 0 Å². The highest BCUT2D eigenvalue weighted by Crippen LogP contribution is 2.43. The van der Waals surface area contributed by atoms with Crippen molar-refractivity contribution in [3.8, 4) is 34.4 Å². The summed E-state index contributed by atoms with van der Waals surface area (Å²) in [4.78, 5) is 38.6. The van der Waals surface area contributed by atoms with Crippen molar-refractivity contribution in [1.29, 1.82) is 0 Å². The third-order valence-electron chi connectivity index (χ3n) is 17.3. The molecule has 0 amide bonds. The van der Waals surface area contributed by atoms with Gasteiger partial charge in [0.05, 0.1) is 67.8 Å². The Morgan fingerprint density at radius 1 is 0.396 bits per heavy atom. The van der Waals surface area contributed by atoms with E-state index in [9.17, 15) is 0 Å². The number of hydrogen-bond donors (Lipinski definition) is 4. The minimum Gasteiger partial charge on any atom is -0.454 e. The number of fused-ring (bicyclic) bond motifs is 6. The monoisotopic (exact) mass is 1350 g/mol. The molecule has 14 aromatic rings. The van der Waals surface area contributed by atoms with Crippen LogP contribution in [-0.2, 0) is 0 Å². The van der Waals surface area contributed by atoms with Gasteiger partial charge in [-0.1, -0.05) is 46.8 Å². The molecule has 4 atom stereocenters. The van der Waals surface area contributed by atoms with Crippen LogP contribution in [0.25, 0.3) is 52.2 Å². The molecule has 0 bridgehead atoms. The molecule has 484 valence electrons. The first-order valence-corrected chi connectivity index (χ1v) is 35.2. The number of ether oxygens (including phenoxy) is 4. The van der Waals surface area contributed by atoms with E-state index >= 15 is 0 Å². The molecule has 0 radical (unpaired) electrons. The van der Waals surface area contributed by atoms with Gasteiger partial charge in [-0.15, -0.1) is 55.5 Å². The highest BCUT2D eigenvalue weighted by atomic mass is 32.1. The van der Waals surface area contributed by atoms with E-state index in [0.29, 0.717) is 25.4 Å². The summed E-state index contributed by atoms with van der Waals surface area (Å²) < 4.78 is 25.5. The van der Waals surface area contributed by atoms with E-state index in [4.69, 9.17) is 18.9 Å². The van der Waals surface area contributed by atoms with Gasteiger partial charge in [0.25, 0.3) is 0 Å². The van der Waals surface area contributed by atoms with Crippen LogP contribution in [0.3, 0.4) is 0 Å². The van der Waals surface area contributed by atoms with Gasteiger partial charge in [0, 0.05) is 23.9 Å². The van der Waals surface area contributed by atoms with Crippen LogP contribution in [0, 0.1) is 13.8 Å². The number of nitrogens with zero attached hydrogens (tertiary/aromatic N) is 14. The summed E-state index contributed by atoms with van der Waals surface area (Å²) in [6.45, 7) is 13.2. The first kappa shape index (κ1) is 61.9. The van der Waals surface area contributed by atoms with Crippen molar-refractivity contribution in [1.82, 2.24) is 69.9 Å². The van der Waals surface area contributed by atoms with Gasteiger partial charge in [-0.2, -0.15) is 0 Å². The highest BCUT2D eigenvalue weighted by Gasteiger charge is 2.31. The lowest BCUT2D eigenvalue weighted by atomic mass is 10.1. The van der Waals surface area contributed by atoms with Crippen LogP contribution in [0.1, 0.15) is 134 Å². The van der Waals surface area contributed by atoms with E-state index < -0.39 is 0 Å². The molecular weight excluding hydrogens is 1290 g/mol. The molecule has 26 heteroatoms. The molecule has 4 N–H and O–H groups in total. The van der Waals surface area contributed by atoms with E-state index in [0.717, 1.165) is 127 Å². The Morgan fingerprint density at radius 2 is 0.750 bits per heavy atom. The molecule has 2 fully saturated rings. The number of thiophene rings is 4. The predicted octanol–water partition coefficient (Wildman–Crippen LogP) is 16.4. The number of hydrogen-bond acceptors (Lipinski definition) is 24. The van der Waals surface area contributed by atoms with Crippen molar-refractivity contribution in [3.05, 3.63) is 201 Å². The molecule has 10 aromatic heterocycles. The number of benzene rings is 4. The van der Waals surface area contributed by atoms with Gasteiger partial charge in [-0.25, -0.2) is 49.2 Å². The zero-order valence-electron chi connectivity index (χ0n) is 53.2. The lowest BCUT2D eigenvalue weighted by Gasteiger charge is -2.16. The van der Waals surface area contributed by atoms with E-state index in [1.54, 1.807) is 70.7 Å². The molecule has 4 unspecified atom stereocenters. The van der Waals surface area contributed by atoms with E-state index in [1.807, 2.05) is 86.3 Å². The lowest BCUT2D eigenvalue weighted by Crippen LogP contribution is -2.09. The van der Waals surface area contributed by atoms with Crippen molar-refractivity contribution in [2.45, 2.75) is 103 Å². The van der Waals surface area contributed by atoms with E-state index in [-0.39, 0.29) is 24.2 Å². The van der Waals surface area contributed by atoms with Crippen molar-refractivity contribution in [2.75, 3.05) is 34.9 Å². The SMILES string of the molecule is CC(Nc1ncnc2sccc12)c1ccc2c(c1)OCO2.CC(Nc1ncnc2sccc12)c1ccc2c(c1)OCO2.Cc1c(C2CC2)nnn1-c1ccc(C(C)Nc2ncnc3sccc23)cc1.Cc1nnn(-c2ccc(C(C)Nc3ncnc4sccc34)cc2)c1C1CC1. The second kappa shape index (κ2) is 27.2. The third-order valence-corrected chi connectivity index (χ3v) is 20.6. The van der Waals surface area contributed by atoms with E-state index in [2.05, 4.69) is 177 Å². The van der Waals surface area contributed by atoms with Gasteiger partial charge in [0.2, 0.25) is 13.6 Å². The van der Waals surface area contributed by atoms with Crippen LogP contribution in [0.2, 0.25) is 0 Å². The quantitative estimate of drug-likeness (QED) is 0.0702. The summed E-state index contributed by atoms with van der Waals surface area (Å²) in [6.07, 6.45) is 11.4. The minimum absolute atomic E-state index is 0.109. The Balaban J connectivity index is 0.000000106. The Labute approximate surface area is 568 Å². The molecule has 2 saturated carbocycles. The molecule has 4 aliphatic rings. The maximum Gasteiger partial charge on any atom is 0.231 e. The second-order valence-electron chi connectivity index (χ2n) is 23.8. The molecule has 18 rings (SSSR count). The van der Waals surface area contributed by atoms with Crippen LogP contribution in [0.15, 0.2) is 156 Å². The molecule has 0 spiro atoms. The van der Waals surface area contributed by atoms with E-state index in [1.165, 1.54) is 42.5 Å². The summed E-state index contributed by atoms with van der Waals surface area (Å²) >= 11 is 6.48. The Hall–Kier alpha value is -10.3. The van der Waals surface area contributed by atoms with Crippen LogP contribution in [0.4, 0.5) is 23.3 Å². The molecule has 2 aliphatic heterocycles. The molecule has 0 saturated heterocycles. The van der Waals surface area contributed by atoms with Gasteiger partial charge < -0.3 is 40.2 Å². The van der Waals surface area contributed by atoms with Crippen LogP contribution >= 0.6 is 45.3 Å². The third kappa shape index (κ3) is 13.3. The molecule has 96 heavy (non-hydrogen) atoms. The van der Waals surface area contributed by atoms with Crippen molar-refractivity contribution in [2.24, 2.45) is 0 Å². The van der Waals surface area contributed by atoms with Crippen LogP contribution in [-0.4, -0.2) is 83.4 Å². The molecule has 4 aromatic carbocycles. The van der Waals surface area contributed by atoms with Gasteiger partial charge in [-0.05, 0) is 184 Å². The van der Waals surface area contributed by atoms with Crippen molar-refractivity contribution < 1.29 is 18.9 Å². The zero-order valence-corrected chi connectivity index (χ0v) is 56.5. The Bertz CT molecular complexity index is 4910. The van der Waals surface area contributed by atoms with Gasteiger partial charge >= 0.3 is 0 Å². The fraction of sp³-hybridized carbons (Fsp3) is 0.257. The highest BCUT2D eigenvalue weighted by molar-refractivity contribution is 7.17. The maximum atomic E-state index is 5.42. The normalized spacial score (nSPS) is 14.8. The van der Waals surface area contributed by atoms with Crippen molar-refractivity contribution >= 4 is 109 Å². The van der Waals surface area contributed by atoms with Crippen LogP contribution < -0.4 is 40.2 Å². The largest absolute Gasteiger partial charge is 0.454 e. The zero-order chi connectivity index (χ0) is 65.2. The molecule has 2 aliphatic carbocycles. The summed E-state index contributed by atoms with van der Waals surface area (Å²) in [5.41, 5.74) is 11.4. The fourth-order valence-corrected chi connectivity index (χ4v) is 14.6. The summed E-state index contributed by atoms with van der Waals surface area (Å²) in [7, 11) is 0. The minimum atomic E-state index is 0.109. The first-order chi connectivity index (χ1) is 47.0.